The summed E-state index contributed by atoms with van der Waals surface area (Å²) in [5.74, 6) is 6.16. The molecule has 3 rings (SSSR count). The van der Waals surface area contributed by atoms with Crippen molar-refractivity contribution < 1.29 is 0 Å². The highest BCUT2D eigenvalue weighted by Crippen LogP contribution is 2.39. The number of hydrazine groups is 1. The molecule has 0 radical (unpaired) electrons. The minimum Gasteiger partial charge on any atom is -0.271 e. The monoisotopic (exact) mass is 365 g/mol. The van der Waals surface area contributed by atoms with Crippen LogP contribution in [0.15, 0.2) is 42.6 Å². The Morgan fingerprint density at radius 2 is 2.05 bits per heavy atom. The van der Waals surface area contributed by atoms with Gasteiger partial charge >= 0.3 is 0 Å². The van der Waals surface area contributed by atoms with Gasteiger partial charge in [-0.1, -0.05) is 18.2 Å². The van der Waals surface area contributed by atoms with Crippen LogP contribution in [0.2, 0.25) is 0 Å². The summed E-state index contributed by atoms with van der Waals surface area (Å²) in [4.78, 5) is 4.56. The summed E-state index contributed by atoms with van der Waals surface area (Å²) in [6.07, 6.45) is 4.07. The van der Waals surface area contributed by atoms with E-state index in [1.54, 1.807) is 0 Å². The van der Waals surface area contributed by atoms with Gasteiger partial charge in [-0.2, -0.15) is 0 Å². The quantitative estimate of drug-likeness (QED) is 0.500. The second-order valence-electron chi connectivity index (χ2n) is 4.89. The summed E-state index contributed by atoms with van der Waals surface area (Å²) < 4.78 is 1.24. The maximum absolute atomic E-state index is 5.80. The number of rotatable bonds is 3. The Morgan fingerprint density at radius 3 is 2.79 bits per heavy atom. The lowest BCUT2D eigenvalue weighted by molar-refractivity contribution is 0.447. The molecule has 2 unspecified atom stereocenters. The third-order valence-corrected chi connectivity index (χ3v) is 4.53. The molecule has 0 bridgehead atoms. The molecule has 2 atom stereocenters. The van der Waals surface area contributed by atoms with E-state index in [-0.39, 0.29) is 6.04 Å². The van der Waals surface area contributed by atoms with Crippen LogP contribution in [0.5, 0.6) is 0 Å². The van der Waals surface area contributed by atoms with Crippen LogP contribution in [0, 0.1) is 3.57 Å². The van der Waals surface area contributed by atoms with E-state index in [0.29, 0.717) is 5.92 Å². The highest BCUT2D eigenvalue weighted by molar-refractivity contribution is 14.1. The van der Waals surface area contributed by atoms with Crippen molar-refractivity contribution in [2.45, 2.75) is 24.8 Å². The maximum atomic E-state index is 5.80. The number of benzene rings is 1. The molecular weight excluding hydrogens is 349 g/mol. The zero-order valence-electron chi connectivity index (χ0n) is 10.5. The first-order chi connectivity index (χ1) is 9.29. The molecule has 2 aromatic rings. The van der Waals surface area contributed by atoms with Crippen LogP contribution in [-0.2, 0) is 6.42 Å². The number of aromatic nitrogens is 1. The van der Waals surface area contributed by atoms with Crippen molar-refractivity contribution in [2.75, 3.05) is 0 Å². The first-order valence-corrected chi connectivity index (χ1v) is 7.53. The van der Waals surface area contributed by atoms with Crippen LogP contribution >= 0.6 is 22.6 Å². The van der Waals surface area contributed by atoms with Gasteiger partial charge in [0, 0.05) is 21.4 Å². The lowest BCUT2D eigenvalue weighted by atomic mass is 9.91. The Balaban J connectivity index is 1.94. The molecule has 0 saturated heterocycles. The lowest BCUT2D eigenvalue weighted by Gasteiger charge is -2.23. The molecule has 0 saturated carbocycles. The van der Waals surface area contributed by atoms with E-state index in [0.717, 1.165) is 12.8 Å². The molecule has 1 aromatic carbocycles. The molecule has 0 aliphatic heterocycles. The maximum Gasteiger partial charge on any atom is 0.0543 e. The van der Waals surface area contributed by atoms with E-state index in [1.165, 1.54) is 20.4 Å². The third-order valence-electron chi connectivity index (χ3n) is 3.81. The van der Waals surface area contributed by atoms with Crippen LogP contribution in [0.1, 0.15) is 35.2 Å². The minimum absolute atomic E-state index is 0.133. The van der Waals surface area contributed by atoms with Crippen molar-refractivity contribution in [3.05, 3.63) is 63.0 Å². The largest absolute Gasteiger partial charge is 0.271 e. The Bertz CT molecular complexity index is 568. The molecule has 0 fully saturated rings. The van der Waals surface area contributed by atoms with Crippen LogP contribution in [0.25, 0.3) is 0 Å². The Morgan fingerprint density at radius 1 is 1.26 bits per heavy atom. The number of nitrogens with one attached hydrogen (secondary N) is 1. The molecule has 1 heterocycles. The van der Waals surface area contributed by atoms with E-state index >= 15 is 0 Å². The van der Waals surface area contributed by atoms with Gasteiger partial charge in [-0.3, -0.25) is 16.3 Å². The highest BCUT2D eigenvalue weighted by atomic mass is 127. The van der Waals surface area contributed by atoms with Crippen molar-refractivity contribution in [1.82, 2.24) is 10.4 Å². The Kier molecular flexibility index (Phi) is 3.81. The smallest absolute Gasteiger partial charge is 0.0543 e. The number of nitrogens with two attached hydrogens (primary N) is 1. The Hall–Kier alpha value is -0.980. The van der Waals surface area contributed by atoms with Gasteiger partial charge in [-0.25, -0.2) is 0 Å². The van der Waals surface area contributed by atoms with Crippen LogP contribution in [-0.4, -0.2) is 4.98 Å². The second kappa shape index (κ2) is 5.56. The second-order valence-corrected chi connectivity index (χ2v) is 6.13. The Labute approximate surface area is 126 Å². The molecule has 98 valence electrons. The van der Waals surface area contributed by atoms with Gasteiger partial charge in [-0.05, 0) is 64.8 Å². The van der Waals surface area contributed by atoms with Crippen molar-refractivity contribution in [3.8, 4) is 0 Å². The minimum atomic E-state index is 0.133. The molecule has 3 N–H and O–H groups in total. The summed E-state index contributed by atoms with van der Waals surface area (Å²) in [6, 6.07) is 12.8. The highest BCUT2D eigenvalue weighted by Gasteiger charge is 2.31. The van der Waals surface area contributed by atoms with E-state index in [4.69, 9.17) is 5.84 Å². The zero-order valence-corrected chi connectivity index (χ0v) is 12.7. The molecule has 4 heteroatoms. The average molecular weight is 365 g/mol. The lowest BCUT2D eigenvalue weighted by Crippen LogP contribution is -2.32. The van der Waals surface area contributed by atoms with Crippen molar-refractivity contribution in [2.24, 2.45) is 5.84 Å². The standard InChI is InChI=1S/C15H16IN3/c16-12-6-3-11(4-7-12)15(19-17)13-8-5-10-2-1-9-18-14(10)13/h1-4,6-7,9,13,15,19H,5,8,17H2. The molecule has 19 heavy (non-hydrogen) atoms. The van der Waals surface area contributed by atoms with Gasteiger partial charge in [0.1, 0.15) is 0 Å². The third kappa shape index (κ3) is 2.52. The normalized spacial score (nSPS) is 19.2. The molecule has 3 nitrogen and oxygen atoms in total. The topological polar surface area (TPSA) is 50.9 Å². The van der Waals surface area contributed by atoms with Gasteiger partial charge in [0.2, 0.25) is 0 Å². The van der Waals surface area contributed by atoms with E-state index in [2.05, 4.69) is 63.3 Å². The zero-order chi connectivity index (χ0) is 13.2. The first kappa shape index (κ1) is 13.0. The van der Waals surface area contributed by atoms with Crippen molar-refractivity contribution >= 4 is 22.6 Å². The van der Waals surface area contributed by atoms with Gasteiger partial charge in [0.05, 0.1) is 6.04 Å². The summed E-state index contributed by atoms with van der Waals surface area (Å²) in [5.41, 5.74) is 6.76. The number of hydrogen-bond acceptors (Lipinski definition) is 3. The van der Waals surface area contributed by atoms with E-state index in [9.17, 15) is 0 Å². The van der Waals surface area contributed by atoms with Crippen molar-refractivity contribution in [3.63, 3.8) is 0 Å². The predicted octanol–water partition coefficient (Wildman–Crippen LogP) is 2.92. The predicted molar refractivity (Wildman–Crippen MR) is 84.5 cm³/mol. The molecule has 1 aliphatic carbocycles. The van der Waals surface area contributed by atoms with Gasteiger partial charge in [0.25, 0.3) is 0 Å². The van der Waals surface area contributed by atoms with Crippen LogP contribution < -0.4 is 11.3 Å². The van der Waals surface area contributed by atoms with Crippen LogP contribution in [0.3, 0.4) is 0 Å². The summed E-state index contributed by atoms with van der Waals surface area (Å²) >= 11 is 2.32. The number of nitrogens with zero attached hydrogens (tertiary/aromatic N) is 1. The van der Waals surface area contributed by atoms with Gasteiger partial charge in [0.15, 0.2) is 0 Å². The number of halogens is 1. The van der Waals surface area contributed by atoms with E-state index < -0.39 is 0 Å². The number of fused-ring (bicyclic) bond motifs is 1. The van der Waals surface area contributed by atoms with Crippen molar-refractivity contribution in [1.29, 1.82) is 0 Å². The van der Waals surface area contributed by atoms with Crippen LogP contribution in [0.4, 0.5) is 0 Å². The number of hydrogen-bond donors (Lipinski definition) is 2. The summed E-state index contributed by atoms with van der Waals surface area (Å²) in [6.45, 7) is 0. The molecule has 0 amide bonds. The fraction of sp³-hybridized carbons (Fsp3) is 0.267. The SMILES string of the molecule is NNC(c1ccc(I)cc1)C1CCc2cccnc21. The first-order valence-electron chi connectivity index (χ1n) is 6.45. The van der Waals surface area contributed by atoms with Gasteiger partial charge in [-0.15, -0.1) is 0 Å². The summed E-state index contributed by atoms with van der Waals surface area (Å²) in [7, 11) is 0. The fourth-order valence-electron chi connectivity index (χ4n) is 2.88. The van der Waals surface area contributed by atoms with E-state index in [1.807, 2.05) is 12.3 Å². The average Bonchev–Trinajstić information content (AvgIpc) is 2.86. The molecule has 0 spiro atoms. The molecule has 1 aliphatic rings. The molecule has 1 aromatic heterocycles. The fourth-order valence-corrected chi connectivity index (χ4v) is 3.24. The number of aryl methyl sites for hydroxylation is 1. The van der Waals surface area contributed by atoms with Gasteiger partial charge < -0.3 is 0 Å². The molecular formula is C15H16IN3. The summed E-state index contributed by atoms with van der Waals surface area (Å²) in [5, 5.41) is 0. The number of pyridine rings is 1.